The number of amides is 1. The molecule has 1 aliphatic heterocycles. The van der Waals surface area contributed by atoms with Crippen LogP contribution in [0.2, 0.25) is 0 Å². The number of nitrogens with zero attached hydrogens (tertiary/aromatic N) is 2. The van der Waals surface area contributed by atoms with Crippen LogP contribution in [0.25, 0.3) is 10.2 Å². The molecule has 1 unspecified atom stereocenters. The minimum absolute atomic E-state index is 0.122. The molecule has 0 saturated carbocycles. The van der Waals surface area contributed by atoms with E-state index >= 15 is 0 Å². The van der Waals surface area contributed by atoms with Gasteiger partial charge in [0.05, 0.1) is 17.7 Å². The molecule has 31 heavy (non-hydrogen) atoms. The number of anilines is 1. The van der Waals surface area contributed by atoms with Gasteiger partial charge in [-0.25, -0.2) is 9.78 Å². The summed E-state index contributed by atoms with van der Waals surface area (Å²) in [5.74, 6) is 0.165. The zero-order valence-electron chi connectivity index (χ0n) is 17.6. The lowest BCUT2D eigenvalue weighted by molar-refractivity contribution is -0.123. The summed E-state index contributed by atoms with van der Waals surface area (Å²) in [5, 5.41) is 3.18. The number of hydrogen-bond acceptors (Lipinski definition) is 7. The van der Waals surface area contributed by atoms with E-state index in [0.717, 1.165) is 30.0 Å². The first-order chi connectivity index (χ1) is 14.9. The van der Waals surface area contributed by atoms with Crippen molar-refractivity contribution in [2.75, 3.05) is 11.9 Å². The zero-order chi connectivity index (χ0) is 22.1. The smallest absolute Gasteiger partial charge is 0.349 e. The lowest BCUT2D eigenvalue weighted by Gasteiger charge is -2.15. The second-order valence-electron chi connectivity index (χ2n) is 7.29. The number of para-hydroxylation sites is 2. The van der Waals surface area contributed by atoms with Crippen molar-refractivity contribution in [3.05, 3.63) is 50.9 Å². The first-order valence-electron chi connectivity index (χ1n) is 10.2. The molecule has 0 bridgehead atoms. The Bertz CT molecular complexity index is 1230. The summed E-state index contributed by atoms with van der Waals surface area (Å²) >= 11 is 1.13. The maximum absolute atomic E-state index is 12.8. The van der Waals surface area contributed by atoms with Gasteiger partial charge in [0, 0.05) is 13.0 Å². The van der Waals surface area contributed by atoms with Gasteiger partial charge in [-0.3, -0.25) is 14.2 Å². The van der Waals surface area contributed by atoms with Crippen molar-refractivity contribution in [2.24, 2.45) is 0 Å². The minimum atomic E-state index is -1.04. The number of carbonyl (C=O) groups excluding carboxylic acids is 2. The standard InChI is InChI=1S/C22H23N3O5S/c1-4-29-15-9-6-5-8-14(15)23-19(26)13(3)30-22(28)18-12(2)17-20(31-18)24-16-10-7-11-25(16)21(17)27/h5-6,8-9,13H,4,7,10-11H2,1-3H3,(H,23,26). The van der Waals surface area contributed by atoms with Crippen LogP contribution in [0.1, 0.15) is 41.3 Å². The first-order valence-corrected chi connectivity index (χ1v) is 11.0. The third-order valence-corrected chi connectivity index (χ3v) is 6.36. The van der Waals surface area contributed by atoms with Crippen molar-refractivity contribution in [1.82, 2.24) is 9.55 Å². The number of nitrogens with one attached hydrogen (secondary N) is 1. The van der Waals surface area contributed by atoms with Crippen LogP contribution in [0.15, 0.2) is 29.1 Å². The molecular weight excluding hydrogens is 418 g/mol. The molecule has 1 atom stereocenters. The maximum atomic E-state index is 12.8. The van der Waals surface area contributed by atoms with Gasteiger partial charge < -0.3 is 14.8 Å². The fourth-order valence-corrected chi connectivity index (χ4v) is 4.70. The minimum Gasteiger partial charge on any atom is -0.492 e. The quantitative estimate of drug-likeness (QED) is 0.589. The highest BCUT2D eigenvalue weighted by atomic mass is 32.1. The van der Waals surface area contributed by atoms with Crippen LogP contribution in [0.5, 0.6) is 5.75 Å². The van der Waals surface area contributed by atoms with Crippen LogP contribution < -0.4 is 15.6 Å². The van der Waals surface area contributed by atoms with Gasteiger partial charge in [-0.15, -0.1) is 11.3 Å². The molecule has 1 aromatic carbocycles. The molecule has 0 aliphatic carbocycles. The Labute approximate surface area is 182 Å². The number of hydrogen-bond donors (Lipinski definition) is 1. The number of ether oxygens (including phenoxy) is 2. The normalized spacial score (nSPS) is 13.6. The van der Waals surface area contributed by atoms with E-state index in [0.29, 0.717) is 45.2 Å². The van der Waals surface area contributed by atoms with Gasteiger partial charge in [-0.05, 0) is 44.9 Å². The number of thiophene rings is 1. The van der Waals surface area contributed by atoms with E-state index in [1.54, 1.807) is 35.8 Å². The summed E-state index contributed by atoms with van der Waals surface area (Å²) < 4.78 is 12.6. The highest BCUT2D eigenvalue weighted by Crippen LogP contribution is 2.30. The van der Waals surface area contributed by atoms with Gasteiger partial charge in [0.25, 0.3) is 11.5 Å². The second-order valence-corrected chi connectivity index (χ2v) is 8.29. The molecular formula is C22H23N3O5S. The van der Waals surface area contributed by atoms with E-state index in [4.69, 9.17) is 9.47 Å². The summed E-state index contributed by atoms with van der Waals surface area (Å²) in [6.45, 7) is 6.17. The van der Waals surface area contributed by atoms with E-state index in [1.807, 2.05) is 6.92 Å². The van der Waals surface area contributed by atoms with E-state index in [1.165, 1.54) is 6.92 Å². The van der Waals surface area contributed by atoms with Gasteiger partial charge in [-0.2, -0.15) is 0 Å². The molecule has 1 amide bonds. The molecule has 0 radical (unpaired) electrons. The summed E-state index contributed by atoms with van der Waals surface area (Å²) in [5.41, 5.74) is 0.921. The monoisotopic (exact) mass is 441 g/mol. The third-order valence-electron chi connectivity index (χ3n) is 5.19. The molecule has 3 heterocycles. The van der Waals surface area contributed by atoms with Crippen LogP contribution in [0.3, 0.4) is 0 Å². The molecule has 3 aromatic rings. The highest BCUT2D eigenvalue weighted by molar-refractivity contribution is 7.20. The van der Waals surface area contributed by atoms with Gasteiger partial charge in [0.2, 0.25) is 0 Å². The molecule has 0 saturated heterocycles. The molecule has 0 spiro atoms. The molecule has 4 rings (SSSR count). The number of esters is 1. The molecule has 162 valence electrons. The van der Waals surface area contributed by atoms with Crippen LogP contribution in [0, 0.1) is 6.92 Å². The average Bonchev–Trinajstić information content (AvgIpc) is 3.34. The molecule has 0 fully saturated rings. The Balaban J connectivity index is 1.52. The van der Waals surface area contributed by atoms with Crippen molar-refractivity contribution in [1.29, 1.82) is 0 Å². The molecule has 2 aromatic heterocycles. The van der Waals surface area contributed by atoms with E-state index < -0.39 is 18.0 Å². The fraction of sp³-hybridized carbons (Fsp3) is 0.364. The van der Waals surface area contributed by atoms with Crippen molar-refractivity contribution in [3.63, 3.8) is 0 Å². The Morgan fingerprint density at radius 2 is 2.10 bits per heavy atom. The Morgan fingerprint density at radius 3 is 2.87 bits per heavy atom. The molecule has 8 nitrogen and oxygen atoms in total. The summed E-state index contributed by atoms with van der Waals surface area (Å²) in [6, 6.07) is 7.05. The molecule has 1 N–H and O–H groups in total. The van der Waals surface area contributed by atoms with Crippen molar-refractivity contribution >= 4 is 39.1 Å². The van der Waals surface area contributed by atoms with E-state index in [-0.39, 0.29) is 5.56 Å². The average molecular weight is 442 g/mol. The van der Waals surface area contributed by atoms with Gasteiger partial charge in [-0.1, -0.05) is 12.1 Å². The maximum Gasteiger partial charge on any atom is 0.349 e. The predicted molar refractivity (Wildman–Crippen MR) is 118 cm³/mol. The van der Waals surface area contributed by atoms with Crippen LogP contribution in [-0.2, 0) is 22.5 Å². The largest absolute Gasteiger partial charge is 0.492 e. The number of carbonyl (C=O) groups is 2. The topological polar surface area (TPSA) is 99.5 Å². The van der Waals surface area contributed by atoms with E-state index in [9.17, 15) is 14.4 Å². The van der Waals surface area contributed by atoms with Crippen molar-refractivity contribution in [3.8, 4) is 5.75 Å². The zero-order valence-corrected chi connectivity index (χ0v) is 18.4. The Hall–Kier alpha value is -3.20. The first kappa shape index (κ1) is 21.0. The van der Waals surface area contributed by atoms with Gasteiger partial charge in [0.1, 0.15) is 21.3 Å². The predicted octanol–water partition coefficient (Wildman–Crippen LogP) is 3.30. The SMILES string of the molecule is CCOc1ccccc1NC(=O)C(C)OC(=O)c1sc2nc3n(c(=O)c2c1C)CCC3. The molecule has 9 heteroatoms. The van der Waals surface area contributed by atoms with Crippen LogP contribution in [-0.4, -0.2) is 34.1 Å². The number of rotatable bonds is 6. The Kier molecular flexibility index (Phi) is 5.77. The highest BCUT2D eigenvalue weighted by Gasteiger charge is 2.26. The Morgan fingerprint density at radius 1 is 1.32 bits per heavy atom. The van der Waals surface area contributed by atoms with Gasteiger partial charge >= 0.3 is 5.97 Å². The lowest BCUT2D eigenvalue weighted by atomic mass is 10.2. The van der Waals surface area contributed by atoms with E-state index in [2.05, 4.69) is 10.3 Å². The molecule has 1 aliphatic rings. The summed E-state index contributed by atoms with van der Waals surface area (Å²) in [6.07, 6.45) is 0.611. The number of aryl methyl sites for hydroxylation is 2. The van der Waals surface area contributed by atoms with Crippen molar-refractivity contribution in [2.45, 2.75) is 46.3 Å². The summed E-state index contributed by atoms with van der Waals surface area (Å²) in [4.78, 5) is 43.5. The number of benzene rings is 1. The summed E-state index contributed by atoms with van der Waals surface area (Å²) in [7, 11) is 0. The van der Waals surface area contributed by atoms with Crippen LogP contribution in [0.4, 0.5) is 5.69 Å². The number of aromatic nitrogens is 2. The third kappa shape index (κ3) is 3.93. The number of fused-ring (bicyclic) bond motifs is 2. The van der Waals surface area contributed by atoms with Crippen LogP contribution >= 0.6 is 11.3 Å². The van der Waals surface area contributed by atoms with Gasteiger partial charge in [0.15, 0.2) is 6.10 Å². The second kappa shape index (κ2) is 8.50. The lowest BCUT2D eigenvalue weighted by Crippen LogP contribution is -2.30. The van der Waals surface area contributed by atoms with Crippen molar-refractivity contribution < 1.29 is 19.1 Å². The fourth-order valence-electron chi connectivity index (χ4n) is 3.62.